The predicted octanol–water partition coefficient (Wildman–Crippen LogP) is 4.90. The van der Waals surface area contributed by atoms with E-state index in [1.807, 2.05) is 6.07 Å². The Morgan fingerprint density at radius 1 is 1.36 bits per heavy atom. The summed E-state index contributed by atoms with van der Waals surface area (Å²) in [5.41, 5.74) is 0.522. The van der Waals surface area contributed by atoms with Crippen LogP contribution in [0.3, 0.4) is 0 Å². The predicted molar refractivity (Wildman–Crippen MR) is 67.7 cm³/mol. The highest BCUT2D eigenvalue weighted by Crippen LogP contribution is 2.43. The molecule has 0 unspecified atom stereocenters. The second-order valence-electron chi connectivity index (χ2n) is 4.22. The summed E-state index contributed by atoms with van der Waals surface area (Å²) in [4.78, 5) is 1.44. The molecule has 2 rings (SSSR count). The minimum atomic E-state index is 0.522. The Bertz CT molecular complexity index is 302. The maximum atomic E-state index is 5.94. The van der Waals surface area contributed by atoms with Gasteiger partial charge < -0.3 is 0 Å². The fourth-order valence-corrected chi connectivity index (χ4v) is 4.32. The van der Waals surface area contributed by atoms with Crippen molar-refractivity contribution >= 4 is 38.9 Å². The van der Waals surface area contributed by atoms with E-state index in [-0.39, 0.29) is 0 Å². The Hall–Kier alpha value is 0.470. The van der Waals surface area contributed by atoms with Crippen molar-refractivity contribution in [3.63, 3.8) is 0 Å². The number of rotatable bonds is 3. The summed E-state index contributed by atoms with van der Waals surface area (Å²) < 4.78 is 0.919. The molecule has 3 heteroatoms. The first-order valence-electron chi connectivity index (χ1n) is 5.04. The zero-order valence-corrected chi connectivity index (χ0v) is 11.2. The molecule has 0 N–H and O–H groups in total. The van der Waals surface area contributed by atoms with Gasteiger partial charge in [-0.05, 0) is 36.8 Å². The molecular formula is C11H14BrClS. The first kappa shape index (κ1) is 11.0. The second-order valence-corrected chi connectivity index (χ2v) is 6.58. The van der Waals surface area contributed by atoms with Crippen LogP contribution in [-0.4, -0.2) is 5.33 Å². The van der Waals surface area contributed by atoms with Crippen molar-refractivity contribution in [2.24, 2.45) is 5.41 Å². The van der Waals surface area contributed by atoms with Gasteiger partial charge in [0.2, 0.25) is 0 Å². The topological polar surface area (TPSA) is 0 Å². The molecule has 0 nitrogen and oxygen atoms in total. The maximum absolute atomic E-state index is 5.94. The molecule has 1 aromatic rings. The lowest BCUT2D eigenvalue weighted by molar-refractivity contribution is 0.349. The highest BCUT2D eigenvalue weighted by Gasteiger charge is 2.33. The van der Waals surface area contributed by atoms with Crippen LogP contribution in [0, 0.1) is 5.41 Å². The largest absolute Gasteiger partial charge is 0.128 e. The van der Waals surface area contributed by atoms with E-state index in [4.69, 9.17) is 11.6 Å². The van der Waals surface area contributed by atoms with E-state index < -0.39 is 0 Å². The molecule has 1 aliphatic carbocycles. The Balaban J connectivity index is 2.08. The lowest BCUT2D eigenvalue weighted by atomic mass is 9.84. The minimum absolute atomic E-state index is 0.522. The number of alkyl halides is 1. The summed E-state index contributed by atoms with van der Waals surface area (Å²) in [6.07, 6.45) is 6.73. The quantitative estimate of drug-likeness (QED) is 0.695. The van der Waals surface area contributed by atoms with E-state index in [0.29, 0.717) is 5.41 Å². The van der Waals surface area contributed by atoms with Crippen molar-refractivity contribution in [2.45, 2.75) is 32.1 Å². The third kappa shape index (κ3) is 2.34. The molecule has 14 heavy (non-hydrogen) atoms. The molecule has 0 amide bonds. The molecule has 78 valence electrons. The zero-order chi connectivity index (χ0) is 10.0. The van der Waals surface area contributed by atoms with Crippen LogP contribution in [0.5, 0.6) is 0 Å². The molecule has 0 aromatic carbocycles. The third-order valence-electron chi connectivity index (χ3n) is 3.13. The summed E-state index contributed by atoms with van der Waals surface area (Å²) >= 11 is 11.3. The maximum Gasteiger partial charge on any atom is 0.0931 e. The highest BCUT2D eigenvalue weighted by atomic mass is 79.9. The van der Waals surface area contributed by atoms with Crippen LogP contribution in [-0.2, 0) is 6.42 Å². The van der Waals surface area contributed by atoms with Gasteiger partial charge in [0.25, 0.3) is 0 Å². The number of hydrogen-bond acceptors (Lipinski definition) is 1. The third-order valence-corrected chi connectivity index (χ3v) is 5.55. The molecule has 0 spiro atoms. The molecule has 0 atom stereocenters. The summed E-state index contributed by atoms with van der Waals surface area (Å²) in [5.74, 6) is 0. The van der Waals surface area contributed by atoms with Crippen LogP contribution in [0.25, 0.3) is 0 Å². The molecule has 0 radical (unpaired) electrons. The van der Waals surface area contributed by atoms with Gasteiger partial charge in [0.1, 0.15) is 0 Å². The van der Waals surface area contributed by atoms with Gasteiger partial charge in [-0.1, -0.05) is 40.4 Å². The first-order chi connectivity index (χ1) is 6.74. The molecule has 0 bridgehead atoms. The van der Waals surface area contributed by atoms with Gasteiger partial charge in [-0.25, -0.2) is 0 Å². The van der Waals surface area contributed by atoms with Gasteiger partial charge in [0.05, 0.1) is 4.34 Å². The van der Waals surface area contributed by atoms with Gasteiger partial charge in [0.15, 0.2) is 0 Å². The average molecular weight is 294 g/mol. The SMILES string of the molecule is Clc1ccc(CC2(CBr)CCCC2)s1. The van der Waals surface area contributed by atoms with Crippen LogP contribution in [0.2, 0.25) is 4.34 Å². The number of thiophene rings is 1. The molecule has 1 aliphatic rings. The highest BCUT2D eigenvalue weighted by molar-refractivity contribution is 9.09. The van der Waals surface area contributed by atoms with E-state index in [1.54, 1.807) is 11.3 Å². The Morgan fingerprint density at radius 3 is 2.57 bits per heavy atom. The molecule has 1 saturated carbocycles. The summed E-state index contributed by atoms with van der Waals surface area (Å²) in [5, 5.41) is 1.13. The van der Waals surface area contributed by atoms with E-state index in [1.165, 1.54) is 37.0 Å². The second kappa shape index (κ2) is 4.54. The Labute approximate surface area is 103 Å². The number of hydrogen-bond donors (Lipinski definition) is 0. The summed E-state index contributed by atoms with van der Waals surface area (Å²) in [6, 6.07) is 4.19. The van der Waals surface area contributed by atoms with Gasteiger partial charge in [-0.15, -0.1) is 11.3 Å². The van der Waals surface area contributed by atoms with E-state index >= 15 is 0 Å². The lowest BCUT2D eigenvalue weighted by Crippen LogP contribution is -2.20. The molecule has 1 fully saturated rings. The van der Waals surface area contributed by atoms with Crippen LogP contribution in [0.4, 0.5) is 0 Å². The van der Waals surface area contributed by atoms with Crippen LogP contribution in [0.15, 0.2) is 12.1 Å². The molecule has 0 aliphatic heterocycles. The van der Waals surface area contributed by atoms with Gasteiger partial charge in [0, 0.05) is 10.2 Å². The van der Waals surface area contributed by atoms with Crippen molar-refractivity contribution in [1.29, 1.82) is 0 Å². The van der Waals surface area contributed by atoms with Crippen molar-refractivity contribution in [3.05, 3.63) is 21.3 Å². The molecule has 0 saturated heterocycles. The van der Waals surface area contributed by atoms with Crippen molar-refractivity contribution < 1.29 is 0 Å². The first-order valence-corrected chi connectivity index (χ1v) is 7.36. The van der Waals surface area contributed by atoms with Gasteiger partial charge in [-0.2, -0.15) is 0 Å². The summed E-state index contributed by atoms with van der Waals surface area (Å²) in [6.45, 7) is 0. The van der Waals surface area contributed by atoms with E-state index in [2.05, 4.69) is 22.0 Å². The minimum Gasteiger partial charge on any atom is -0.128 e. The monoisotopic (exact) mass is 292 g/mol. The zero-order valence-electron chi connectivity index (χ0n) is 8.06. The average Bonchev–Trinajstić information content (AvgIpc) is 2.77. The smallest absolute Gasteiger partial charge is 0.0931 e. The molecular weight excluding hydrogens is 280 g/mol. The Kier molecular flexibility index (Phi) is 3.56. The van der Waals surface area contributed by atoms with Crippen LogP contribution < -0.4 is 0 Å². The van der Waals surface area contributed by atoms with Gasteiger partial charge >= 0.3 is 0 Å². The van der Waals surface area contributed by atoms with Crippen molar-refractivity contribution in [2.75, 3.05) is 5.33 Å². The van der Waals surface area contributed by atoms with Crippen LogP contribution in [0.1, 0.15) is 30.6 Å². The van der Waals surface area contributed by atoms with Gasteiger partial charge in [-0.3, -0.25) is 0 Å². The fourth-order valence-electron chi connectivity index (χ4n) is 2.30. The van der Waals surface area contributed by atoms with Crippen molar-refractivity contribution in [3.8, 4) is 0 Å². The number of halogens is 2. The molecule has 1 aromatic heterocycles. The van der Waals surface area contributed by atoms with E-state index in [0.717, 1.165) is 9.67 Å². The lowest BCUT2D eigenvalue weighted by Gasteiger charge is -2.25. The van der Waals surface area contributed by atoms with Crippen molar-refractivity contribution in [1.82, 2.24) is 0 Å². The Morgan fingerprint density at radius 2 is 2.07 bits per heavy atom. The van der Waals surface area contributed by atoms with E-state index in [9.17, 15) is 0 Å². The normalized spacial score (nSPS) is 20.1. The van der Waals surface area contributed by atoms with Crippen LogP contribution >= 0.6 is 38.9 Å². The molecule has 1 heterocycles. The fraction of sp³-hybridized carbons (Fsp3) is 0.636. The summed E-state index contributed by atoms with van der Waals surface area (Å²) in [7, 11) is 0. The standard InChI is InChI=1S/C11H14BrClS/c12-8-11(5-1-2-6-11)7-9-3-4-10(13)14-9/h3-4H,1-2,5-8H2.